The number of rotatable bonds is 9. The van der Waals surface area contributed by atoms with Crippen molar-refractivity contribution in [2.45, 2.75) is 55.4 Å². The molecule has 1 saturated carbocycles. The zero-order chi connectivity index (χ0) is 29.1. The number of carbonyl (C=O) groups excluding carboxylic acids is 1. The number of aliphatic hydroxyl groups is 1. The lowest BCUT2D eigenvalue weighted by atomic mass is 9.72. The van der Waals surface area contributed by atoms with E-state index in [-0.39, 0.29) is 29.2 Å². The van der Waals surface area contributed by atoms with Gasteiger partial charge in [-0.1, -0.05) is 72.8 Å². The number of esters is 1. The molecular weight excluding hydrogens is 546 g/mol. The van der Waals surface area contributed by atoms with Crippen molar-refractivity contribution in [3.8, 4) is 0 Å². The average Bonchev–Trinajstić information content (AvgIpc) is 3.83. The van der Waals surface area contributed by atoms with E-state index in [1.54, 1.807) is 30.3 Å². The second-order valence-electron chi connectivity index (χ2n) is 11.6. The molecule has 2 fully saturated rings. The van der Waals surface area contributed by atoms with E-state index in [9.17, 15) is 18.3 Å². The minimum Gasteiger partial charge on any atom is -0.430 e. The highest BCUT2D eigenvalue weighted by molar-refractivity contribution is 7.92. The maximum absolute atomic E-state index is 14.0. The van der Waals surface area contributed by atoms with Crippen LogP contribution in [0.15, 0.2) is 114 Å². The summed E-state index contributed by atoms with van der Waals surface area (Å²) >= 11 is 0. The van der Waals surface area contributed by atoms with Crippen LogP contribution in [0.5, 0.6) is 0 Å². The van der Waals surface area contributed by atoms with Crippen LogP contribution in [0.1, 0.15) is 49.1 Å². The topological polar surface area (TPSA) is 83.9 Å². The first kappa shape index (κ1) is 28.4. The summed E-state index contributed by atoms with van der Waals surface area (Å²) in [6.07, 6.45) is 9.97. The van der Waals surface area contributed by atoms with Crippen LogP contribution in [0.3, 0.4) is 0 Å². The number of aliphatic hydroxyl groups excluding tert-OH is 1. The lowest BCUT2D eigenvalue weighted by Gasteiger charge is -2.39. The second-order valence-corrected chi connectivity index (χ2v) is 13.4. The van der Waals surface area contributed by atoms with Crippen molar-refractivity contribution in [3.05, 3.63) is 120 Å². The predicted molar refractivity (Wildman–Crippen MR) is 163 cm³/mol. The molecule has 0 amide bonds. The molecule has 3 aromatic rings. The standard InChI is InChI=1S/C35H37NO5S/c37-34-30-18-9-1-2-10-19-31(30)41-35(38)33(34)32(26-20-21-26)27-14-11-15-28(24-27)36(23-22-25-12-5-3-6-13-25)42(39,40)29-16-7-4-8-17-29/h2-8,10-17,19,24,26,30,32-34,37H,1,9,18,20-23H2. The summed E-state index contributed by atoms with van der Waals surface area (Å²) in [4.78, 5) is 13.7. The van der Waals surface area contributed by atoms with Gasteiger partial charge in [0.2, 0.25) is 0 Å². The SMILES string of the molecule is O=C1OC2=CC=CCCCC2C(O)C1C(c1cccc(N(CCc2ccccc2)S(=O)(=O)c2ccccc2)c1)C1CC1. The van der Waals surface area contributed by atoms with Crippen LogP contribution in [-0.2, 0) is 26.0 Å². The van der Waals surface area contributed by atoms with Gasteiger partial charge < -0.3 is 9.84 Å². The Hall–Kier alpha value is -3.68. The van der Waals surface area contributed by atoms with Gasteiger partial charge in [-0.3, -0.25) is 9.10 Å². The Morgan fingerprint density at radius 2 is 1.67 bits per heavy atom. The molecule has 6 rings (SSSR count). The average molecular weight is 584 g/mol. The Balaban J connectivity index is 1.36. The first-order valence-corrected chi connectivity index (χ1v) is 16.4. The maximum atomic E-state index is 14.0. The second kappa shape index (κ2) is 12.3. The molecule has 2 aliphatic carbocycles. The molecule has 0 bridgehead atoms. The van der Waals surface area contributed by atoms with E-state index in [4.69, 9.17) is 4.74 Å². The minimum atomic E-state index is -3.86. The van der Waals surface area contributed by atoms with Crippen LogP contribution in [0.2, 0.25) is 0 Å². The highest BCUT2D eigenvalue weighted by atomic mass is 32.2. The van der Waals surface area contributed by atoms with Crippen LogP contribution in [0.4, 0.5) is 5.69 Å². The monoisotopic (exact) mass is 583 g/mol. The Bertz CT molecular complexity index is 1560. The normalized spacial score (nSPS) is 23.1. The Morgan fingerprint density at radius 3 is 2.40 bits per heavy atom. The van der Waals surface area contributed by atoms with Gasteiger partial charge in [0.05, 0.1) is 22.6 Å². The number of hydrogen-bond acceptors (Lipinski definition) is 5. The van der Waals surface area contributed by atoms with E-state index in [2.05, 4.69) is 6.08 Å². The van der Waals surface area contributed by atoms with Crippen molar-refractivity contribution < 1.29 is 23.1 Å². The lowest BCUT2D eigenvalue weighted by molar-refractivity contribution is -0.160. The van der Waals surface area contributed by atoms with Gasteiger partial charge >= 0.3 is 5.97 Å². The summed E-state index contributed by atoms with van der Waals surface area (Å²) in [6, 6.07) is 25.9. The number of carbonyl (C=O) groups is 1. The van der Waals surface area contributed by atoms with Crippen molar-refractivity contribution in [1.29, 1.82) is 0 Å². The van der Waals surface area contributed by atoms with Crippen LogP contribution in [-0.4, -0.2) is 32.1 Å². The molecule has 1 saturated heterocycles. The zero-order valence-corrected chi connectivity index (χ0v) is 24.4. The molecule has 1 N–H and O–H groups in total. The summed E-state index contributed by atoms with van der Waals surface area (Å²) in [5.74, 6) is -0.826. The third kappa shape index (κ3) is 5.94. The summed E-state index contributed by atoms with van der Waals surface area (Å²) in [6.45, 7) is 0.261. The van der Waals surface area contributed by atoms with E-state index in [0.29, 0.717) is 17.9 Å². The van der Waals surface area contributed by atoms with E-state index < -0.39 is 28.0 Å². The van der Waals surface area contributed by atoms with Crippen molar-refractivity contribution in [1.82, 2.24) is 0 Å². The van der Waals surface area contributed by atoms with E-state index in [0.717, 1.165) is 43.2 Å². The van der Waals surface area contributed by atoms with Crippen molar-refractivity contribution >= 4 is 21.7 Å². The summed E-state index contributed by atoms with van der Waals surface area (Å²) in [7, 11) is -3.86. The molecule has 3 aromatic carbocycles. The molecule has 6 nitrogen and oxygen atoms in total. The number of allylic oxidation sites excluding steroid dienone is 3. The van der Waals surface area contributed by atoms with Gasteiger partial charge in [-0.15, -0.1) is 0 Å². The van der Waals surface area contributed by atoms with E-state index in [1.165, 1.54) is 4.31 Å². The molecule has 4 unspecified atom stereocenters. The van der Waals surface area contributed by atoms with Crippen molar-refractivity contribution in [3.63, 3.8) is 0 Å². The number of ether oxygens (including phenoxy) is 1. The summed E-state index contributed by atoms with van der Waals surface area (Å²) < 4.78 is 35.4. The van der Waals surface area contributed by atoms with Crippen molar-refractivity contribution in [2.75, 3.05) is 10.8 Å². The molecule has 0 radical (unpaired) electrons. The van der Waals surface area contributed by atoms with Gasteiger partial charge in [-0.2, -0.15) is 0 Å². The number of hydrogen-bond donors (Lipinski definition) is 1. The quantitative estimate of drug-likeness (QED) is 0.295. The largest absolute Gasteiger partial charge is 0.430 e. The van der Waals surface area contributed by atoms with E-state index in [1.807, 2.05) is 66.7 Å². The Labute approximate surface area is 248 Å². The van der Waals surface area contributed by atoms with Crippen molar-refractivity contribution in [2.24, 2.45) is 17.8 Å². The Morgan fingerprint density at radius 1 is 0.929 bits per heavy atom. The molecule has 42 heavy (non-hydrogen) atoms. The van der Waals surface area contributed by atoms with Crippen LogP contribution in [0, 0.1) is 17.8 Å². The van der Waals surface area contributed by atoms with E-state index >= 15 is 0 Å². The number of nitrogens with zero attached hydrogens (tertiary/aromatic N) is 1. The van der Waals surface area contributed by atoms with Crippen LogP contribution >= 0.6 is 0 Å². The Kier molecular flexibility index (Phi) is 8.31. The van der Waals surface area contributed by atoms with Gasteiger partial charge in [-0.05, 0) is 85.9 Å². The molecule has 0 spiro atoms. The summed E-state index contributed by atoms with van der Waals surface area (Å²) in [5, 5.41) is 11.7. The fraction of sp³-hybridized carbons (Fsp3) is 0.343. The fourth-order valence-corrected chi connectivity index (χ4v) is 7.94. The van der Waals surface area contributed by atoms with Gasteiger partial charge in [0.1, 0.15) is 5.76 Å². The molecule has 1 aliphatic heterocycles. The van der Waals surface area contributed by atoms with Crippen LogP contribution < -0.4 is 4.31 Å². The number of anilines is 1. The molecule has 3 aliphatic rings. The fourth-order valence-electron chi connectivity index (χ4n) is 6.46. The molecule has 218 valence electrons. The van der Waals surface area contributed by atoms with Gasteiger partial charge in [0.25, 0.3) is 10.0 Å². The predicted octanol–water partition coefficient (Wildman–Crippen LogP) is 6.39. The van der Waals surface area contributed by atoms with Gasteiger partial charge in [0, 0.05) is 18.4 Å². The summed E-state index contributed by atoms with van der Waals surface area (Å²) in [5.41, 5.74) is 2.46. The lowest BCUT2D eigenvalue weighted by Crippen LogP contribution is -2.46. The number of benzene rings is 3. The molecule has 4 atom stereocenters. The highest BCUT2D eigenvalue weighted by Crippen LogP contribution is 2.51. The third-order valence-corrected chi connectivity index (χ3v) is 10.6. The minimum absolute atomic E-state index is 0.228. The zero-order valence-electron chi connectivity index (χ0n) is 23.6. The maximum Gasteiger partial charge on any atom is 0.317 e. The molecule has 1 heterocycles. The number of sulfonamides is 1. The third-order valence-electron chi connectivity index (χ3n) is 8.76. The van der Waals surface area contributed by atoms with Gasteiger partial charge in [-0.25, -0.2) is 8.42 Å². The smallest absolute Gasteiger partial charge is 0.317 e. The molecular formula is C35H37NO5S. The van der Waals surface area contributed by atoms with Gasteiger partial charge in [0.15, 0.2) is 0 Å². The first-order valence-electron chi connectivity index (χ1n) is 14.9. The highest BCUT2D eigenvalue weighted by Gasteiger charge is 2.50. The van der Waals surface area contributed by atoms with Crippen LogP contribution in [0.25, 0.3) is 0 Å². The molecule has 0 aromatic heterocycles. The number of fused-ring (bicyclic) bond motifs is 1. The molecule has 7 heteroatoms. The first-order chi connectivity index (χ1) is 20.4.